The molecule has 0 aromatic heterocycles. The molecule has 16 heavy (non-hydrogen) atoms. The minimum Gasteiger partial charge on any atom is -0.393 e. The van der Waals surface area contributed by atoms with Crippen LogP contribution in [-0.2, 0) is 0 Å². The fraction of sp³-hybridized carbons (Fsp3) is 0.917. The van der Waals surface area contributed by atoms with E-state index in [0.29, 0.717) is 19.5 Å². The van der Waals surface area contributed by atoms with E-state index in [2.05, 4.69) is 19.2 Å². The van der Waals surface area contributed by atoms with Gasteiger partial charge in [-0.25, -0.2) is 4.79 Å². The summed E-state index contributed by atoms with van der Waals surface area (Å²) in [5, 5.41) is 12.6. The van der Waals surface area contributed by atoms with Crippen LogP contribution in [0.15, 0.2) is 0 Å². The molecule has 0 aromatic carbocycles. The number of aliphatic hydroxyl groups excluding tert-OH is 1. The maximum atomic E-state index is 11.8. The number of hydrogen-bond donors (Lipinski definition) is 2. The fourth-order valence-corrected chi connectivity index (χ4v) is 2.09. The molecule has 1 heterocycles. The minimum atomic E-state index is -0.232. The summed E-state index contributed by atoms with van der Waals surface area (Å²) in [7, 11) is 0. The van der Waals surface area contributed by atoms with Crippen LogP contribution in [0, 0.1) is 5.92 Å². The Morgan fingerprint density at radius 1 is 1.50 bits per heavy atom. The third-order valence-corrected chi connectivity index (χ3v) is 3.31. The number of aliphatic hydroxyl groups is 1. The van der Waals surface area contributed by atoms with Gasteiger partial charge in [0.05, 0.1) is 6.10 Å². The molecule has 2 atom stereocenters. The molecule has 0 bridgehead atoms. The Morgan fingerprint density at radius 3 is 2.88 bits per heavy atom. The molecule has 2 unspecified atom stereocenters. The highest BCUT2D eigenvalue weighted by Gasteiger charge is 2.28. The maximum absolute atomic E-state index is 11.8. The highest BCUT2D eigenvalue weighted by molar-refractivity contribution is 5.74. The van der Waals surface area contributed by atoms with Crippen LogP contribution in [0.5, 0.6) is 0 Å². The van der Waals surface area contributed by atoms with Crippen LogP contribution in [0.2, 0.25) is 0 Å². The molecule has 94 valence electrons. The van der Waals surface area contributed by atoms with Crippen molar-refractivity contribution in [1.82, 2.24) is 10.2 Å². The molecule has 2 N–H and O–H groups in total. The quantitative estimate of drug-likeness (QED) is 0.718. The zero-order chi connectivity index (χ0) is 12.0. The van der Waals surface area contributed by atoms with Gasteiger partial charge >= 0.3 is 6.03 Å². The number of likely N-dealkylation sites (tertiary alicyclic amines) is 1. The predicted octanol–water partition coefficient (Wildman–Crippen LogP) is 1.59. The predicted molar refractivity (Wildman–Crippen MR) is 64.3 cm³/mol. The summed E-state index contributed by atoms with van der Waals surface area (Å²) in [6.07, 6.45) is 3.53. The van der Waals surface area contributed by atoms with Crippen LogP contribution in [0.25, 0.3) is 0 Å². The monoisotopic (exact) mass is 228 g/mol. The molecular weight excluding hydrogens is 204 g/mol. The van der Waals surface area contributed by atoms with Crippen molar-refractivity contribution in [2.45, 2.75) is 45.6 Å². The zero-order valence-electron chi connectivity index (χ0n) is 10.4. The van der Waals surface area contributed by atoms with E-state index < -0.39 is 0 Å². The van der Waals surface area contributed by atoms with E-state index in [1.807, 2.05) is 4.90 Å². The molecule has 1 fully saturated rings. The van der Waals surface area contributed by atoms with Gasteiger partial charge in [0, 0.05) is 25.6 Å². The van der Waals surface area contributed by atoms with Crippen molar-refractivity contribution in [1.29, 1.82) is 0 Å². The van der Waals surface area contributed by atoms with Gasteiger partial charge in [-0.3, -0.25) is 0 Å². The van der Waals surface area contributed by atoms with Crippen molar-refractivity contribution in [3.8, 4) is 0 Å². The first kappa shape index (κ1) is 13.3. The van der Waals surface area contributed by atoms with E-state index >= 15 is 0 Å². The molecule has 2 amide bonds. The fourth-order valence-electron chi connectivity index (χ4n) is 2.09. The van der Waals surface area contributed by atoms with Crippen molar-refractivity contribution >= 4 is 6.03 Å². The van der Waals surface area contributed by atoms with Gasteiger partial charge in [-0.05, 0) is 19.3 Å². The van der Waals surface area contributed by atoms with Gasteiger partial charge in [0.15, 0.2) is 0 Å². The topological polar surface area (TPSA) is 52.6 Å². The van der Waals surface area contributed by atoms with E-state index in [1.54, 1.807) is 0 Å². The normalized spacial score (nSPS) is 25.6. The van der Waals surface area contributed by atoms with E-state index in [-0.39, 0.29) is 18.1 Å². The molecule has 1 aliphatic rings. The third-order valence-electron chi connectivity index (χ3n) is 3.31. The minimum absolute atomic E-state index is 0.0267. The first-order chi connectivity index (χ1) is 7.69. The van der Waals surface area contributed by atoms with Crippen molar-refractivity contribution < 1.29 is 9.90 Å². The number of nitrogens with zero attached hydrogens (tertiary/aromatic N) is 1. The summed E-state index contributed by atoms with van der Waals surface area (Å²) in [6.45, 7) is 6.29. The molecule has 4 heteroatoms. The number of hydrogen-bond acceptors (Lipinski definition) is 2. The van der Waals surface area contributed by atoms with Crippen LogP contribution in [-0.4, -0.2) is 41.8 Å². The number of nitrogens with one attached hydrogen (secondary N) is 1. The Labute approximate surface area is 98.0 Å². The van der Waals surface area contributed by atoms with Gasteiger partial charge in [0.2, 0.25) is 0 Å². The smallest absolute Gasteiger partial charge is 0.317 e. The van der Waals surface area contributed by atoms with Gasteiger partial charge in [-0.2, -0.15) is 0 Å². The maximum Gasteiger partial charge on any atom is 0.317 e. The first-order valence-corrected chi connectivity index (χ1v) is 6.39. The number of urea groups is 1. The second-order valence-electron chi connectivity index (χ2n) is 4.56. The summed E-state index contributed by atoms with van der Waals surface area (Å²) in [5.74, 6) is 0.241. The molecule has 1 aliphatic heterocycles. The lowest BCUT2D eigenvalue weighted by atomic mass is 9.93. The van der Waals surface area contributed by atoms with E-state index in [4.69, 9.17) is 0 Å². The molecule has 0 aliphatic carbocycles. The Morgan fingerprint density at radius 2 is 2.25 bits per heavy atom. The summed E-state index contributed by atoms with van der Waals surface area (Å²) in [6, 6.07) is 0.0267. The lowest BCUT2D eigenvalue weighted by Gasteiger charge is -2.35. The highest BCUT2D eigenvalue weighted by Crippen LogP contribution is 2.19. The summed E-state index contributed by atoms with van der Waals surface area (Å²) >= 11 is 0. The van der Waals surface area contributed by atoms with Crippen LogP contribution in [0.4, 0.5) is 4.79 Å². The summed E-state index contributed by atoms with van der Waals surface area (Å²) < 4.78 is 0. The lowest BCUT2D eigenvalue weighted by molar-refractivity contribution is 0.0382. The van der Waals surface area contributed by atoms with Crippen molar-refractivity contribution in [3.05, 3.63) is 0 Å². The zero-order valence-corrected chi connectivity index (χ0v) is 10.4. The SMILES string of the molecule is CCCCNC(=O)N1CCC(O)C(CC)C1. The highest BCUT2D eigenvalue weighted by atomic mass is 16.3. The Bertz CT molecular complexity index is 221. The largest absolute Gasteiger partial charge is 0.393 e. The van der Waals surface area contributed by atoms with Gasteiger partial charge in [0.1, 0.15) is 0 Å². The molecule has 1 rings (SSSR count). The van der Waals surface area contributed by atoms with Gasteiger partial charge in [0.25, 0.3) is 0 Å². The molecule has 4 nitrogen and oxygen atoms in total. The number of rotatable bonds is 4. The number of carbonyl (C=O) groups excluding carboxylic acids is 1. The standard InChI is InChI=1S/C12H24N2O2/c1-3-5-7-13-12(16)14-8-6-11(15)10(4-2)9-14/h10-11,15H,3-9H2,1-2H3,(H,13,16). The van der Waals surface area contributed by atoms with E-state index in [9.17, 15) is 9.90 Å². The second-order valence-corrected chi connectivity index (χ2v) is 4.56. The van der Waals surface area contributed by atoms with Crippen molar-refractivity contribution in [2.75, 3.05) is 19.6 Å². The van der Waals surface area contributed by atoms with E-state index in [1.165, 1.54) is 0 Å². The third kappa shape index (κ3) is 3.67. The van der Waals surface area contributed by atoms with Gasteiger partial charge < -0.3 is 15.3 Å². The van der Waals surface area contributed by atoms with Crippen LogP contribution < -0.4 is 5.32 Å². The Hall–Kier alpha value is -0.770. The molecule has 0 radical (unpaired) electrons. The summed E-state index contributed by atoms with van der Waals surface area (Å²) in [5.41, 5.74) is 0. The number of carbonyl (C=O) groups is 1. The number of unbranched alkanes of at least 4 members (excludes halogenated alkanes) is 1. The van der Waals surface area contributed by atoms with Crippen molar-refractivity contribution in [2.24, 2.45) is 5.92 Å². The Balaban J connectivity index is 2.33. The van der Waals surface area contributed by atoms with Crippen LogP contribution in [0.1, 0.15) is 39.5 Å². The van der Waals surface area contributed by atoms with Crippen molar-refractivity contribution in [3.63, 3.8) is 0 Å². The molecule has 0 spiro atoms. The average molecular weight is 228 g/mol. The van der Waals surface area contributed by atoms with Gasteiger partial charge in [-0.1, -0.05) is 20.3 Å². The lowest BCUT2D eigenvalue weighted by Crippen LogP contribution is -2.49. The molecular formula is C12H24N2O2. The Kier molecular flexibility index (Phi) is 5.60. The summed E-state index contributed by atoms with van der Waals surface area (Å²) in [4.78, 5) is 13.6. The van der Waals surface area contributed by atoms with Gasteiger partial charge in [-0.15, -0.1) is 0 Å². The molecule has 0 aromatic rings. The average Bonchev–Trinajstić information content (AvgIpc) is 2.30. The number of piperidine rings is 1. The molecule has 1 saturated heterocycles. The van der Waals surface area contributed by atoms with Crippen LogP contribution >= 0.6 is 0 Å². The number of amides is 2. The molecule has 0 saturated carbocycles. The van der Waals surface area contributed by atoms with Crippen LogP contribution in [0.3, 0.4) is 0 Å². The second kappa shape index (κ2) is 6.74. The first-order valence-electron chi connectivity index (χ1n) is 6.39. The van der Waals surface area contributed by atoms with E-state index in [0.717, 1.165) is 25.8 Å².